The van der Waals surface area contributed by atoms with Crippen LogP contribution in [-0.4, -0.2) is 32.9 Å². The van der Waals surface area contributed by atoms with Crippen molar-refractivity contribution in [3.8, 4) is 11.8 Å². The number of carbonyl (C=O) groups excluding carboxylic acids is 3. The first-order chi connectivity index (χ1) is 14.8. The van der Waals surface area contributed by atoms with Gasteiger partial charge < -0.3 is 0 Å². The van der Waals surface area contributed by atoms with Gasteiger partial charge >= 0.3 is 0 Å². The maximum atomic E-state index is 12.8. The Morgan fingerprint density at radius 1 is 1.00 bits per heavy atom. The largest absolute Gasteiger partial charge is 0.290 e. The number of amides is 1. The van der Waals surface area contributed by atoms with Gasteiger partial charge in [-0.1, -0.05) is 36.1 Å². The molecule has 0 saturated heterocycles. The van der Waals surface area contributed by atoms with Crippen LogP contribution in [-0.2, 0) is 20.9 Å². The molecule has 7 heteroatoms. The molecule has 1 aromatic heterocycles. The second-order valence-corrected chi connectivity index (χ2v) is 9.28. The molecule has 31 heavy (non-hydrogen) atoms. The van der Waals surface area contributed by atoms with Crippen LogP contribution in [0.15, 0.2) is 76.2 Å². The van der Waals surface area contributed by atoms with Crippen molar-refractivity contribution in [3.63, 3.8) is 0 Å². The first-order valence-corrected chi connectivity index (χ1v) is 11.2. The van der Waals surface area contributed by atoms with Gasteiger partial charge in [-0.15, -0.1) is 0 Å². The topological polar surface area (TPSA) is 93.5 Å². The summed E-state index contributed by atoms with van der Waals surface area (Å²) in [5, 5.41) is 0. The molecule has 0 unspecified atom stereocenters. The van der Waals surface area contributed by atoms with Crippen molar-refractivity contribution in [1.82, 2.24) is 4.98 Å². The van der Waals surface area contributed by atoms with E-state index in [1.165, 1.54) is 24.7 Å². The highest BCUT2D eigenvalue weighted by atomic mass is 32.2. The zero-order valence-corrected chi connectivity index (χ0v) is 17.3. The Morgan fingerprint density at radius 2 is 1.74 bits per heavy atom. The Balaban J connectivity index is 1.60. The lowest BCUT2D eigenvalue weighted by atomic mass is 10.1. The van der Waals surface area contributed by atoms with Gasteiger partial charge in [0, 0.05) is 46.7 Å². The van der Waals surface area contributed by atoms with Crippen molar-refractivity contribution in [1.29, 1.82) is 0 Å². The van der Waals surface area contributed by atoms with Gasteiger partial charge in [-0.3, -0.25) is 19.4 Å². The highest BCUT2D eigenvalue weighted by molar-refractivity contribution is 7.93. The second kappa shape index (κ2) is 8.09. The molecule has 1 heterocycles. The van der Waals surface area contributed by atoms with Gasteiger partial charge in [-0.05, 0) is 35.9 Å². The molecule has 4 rings (SSSR count). The van der Waals surface area contributed by atoms with E-state index in [0.717, 1.165) is 0 Å². The lowest BCUT2D eigenvalue weighted by molar-refractivity contribution is -0.114. The Morgan fingerprint density at radius 3 is 2.52 bits per heavy atom. The quantitative estimate of drug-likeness (QED) is 0.462. The highest BCUT2D eigenvalue weighted by Gasteiger charge is 2.27. The van der Waals surface area contributed by atoms with Gasteiger partial charge in [-0.2, -0.15) is 4.36 Å². The second-order valence-electron chi connectivity index (χ2n) is 7.03. The fourth-order valence-corrected chi connectivity index (χ4v) is 4.32. The van der Waals surface area contributed by atoms with E-state index in [9.17, 15) is 18.6 Å². The number of Topliss-reactive ketones (excluding diaryl/α,β-unsaturated/α-hetero) is 2. The molecule has 6 nitrogen and oxygen atoms in total. The minimum atomic E-state index is -2.89. The fraction of sp³-hybridized carbons (Fsp3) is 0.0833. The molecule has 0 aliphatic heterocycles. The number of carbonyl (C=O) groups is 3. The van der Waals surface area contributed by atoms with Crippen molar-refractivity contribution in [2.24, 2.45) is 4.36 Å². The van der Waals surface area contributed by atoms with E-state index in [2.05, 4.69) is 21.2 Å². The molecule has 0 radical (unpaired) electrons. The maximum absolute atomic E-state index is 12.8. The van der Waals surface area contributed by atoms with E-state index >= 15 is 0 Å². The van der Waals surface area contributed by atoms with Gasteiger partial charge in [0.15, 0.2) is 0 Å². The van der Waals surface area contributed by atoms with Gasteiger partial charge in [0.1, 0.15) is 0 Å². The maximum Gasteiger partial charge on any atom is 0.286 e. The third-order valence-corrected chi connectivity index (χ3v) is 6.39. The van der Waals surface area contributed by atoms with Gasteiger partial charge in [-0.25, -0.2) is 4.21 Å². The Hall–Kier alpha value is -3.89. The van der Waals surface area contributed by atoms with Crippen molar-refractivity contribution in [3.05, 3.63) is 94.8 Å². The minimum Gasteiger partial charge on any atom is -0.290 e. The third-order valence-electron chi connectivity index (χ3n) is 4.73. The van der Waals surface area contributed by atoms with E-state index in [4.69, 9.17) is 0 Å². The summed E-state index contributed by atoms with van der Waals surface area (Å²) in [6.45, 7) is 0. The third kappa shape index (κ3) is 4.34. The smallest absolute Gasteiger partial charge is 0.286 e. The summed E-state index contributed by atoms with van der Waals surface area (Å²) in [7, 11) is -2.89. The average molecular weight is 428 g/mol. The van der Waals surface area contributed by atoms with Gasteiger partial charge in [0.2, 0.25) is 11.6 Å². The van der Waals surface area contributed by atoms with Crippen LogP contribution in [0.5, 0.6) is 0 Å². The van der Waals surface area contributed by atoms with E-state index in [-0.39, 0.29) is 12.0 Å². The Labute approximate surface area is 179 Å². The molecule has 0 spiro atoms. The summed E-state index contributed by atoms with van der Waals surface area (Å²) in [6, 6.07) is 15.2. The number of pyridine rings is 1. The fourth-order valence-electron chi connectivity index (χ4n) is 3.13. The molecule has 0 N–H and O–H groups in total. The first-order valence-electron chi connectivity index (χ1n) is 9.32. The van der Waals surface area contributed by atoms with Gasteiger partial charge in [0.25, 0.3) is 5.91 Å². The van der Waals surface area contributed by atoms with E-state index in [0.29, 0.717) is 27.1 Å². The number of fused-ring (bicyclic) bond motifs is 1. The predicted octanol–water partition coefficient (Wildman–Crippen LogP) is 3.09. The molecule has 3 aromatic rings. The summed E-state index contributed by atoms with van der Waals surface area (Å²) in [5.74, 6) is 4.26. The van der Waals surface area contributed by atoms with E-state index in [1.807, 2.05) is 0 Å². The van der Waals surface area contributed by atoms with Crippen molar-refractivity contribution >= 4 is 27.2 Å². The van der Waals surface area contributed by atoms with Gasteiger partial charge in [0.05, 0.1) is 15.3 Å². The number of nitrogens with zero attached hydrogens (tertiary/aromatic N) is 2. The number of hydrogen-bond acceptors (Lipinski definition) is 5. The summed E-state index contributed by atoms with van der Waals surface area (Å²) in [5.41, 5.74) is 2.30. The van der Waals surface area contributed by atoms with Crippen LogP contribution in [0.1, 0.15) is 37.4 Å². The summed E-state index contributed by atoms with van der Waals surface area (Å²) in [6.07, 6.45) is 4.38. The predicted molar refractivity (Wildman–Crippen MR) is 115 cm³/mol. The molecule has 1 aliphatic rings. The summed E-state index contributed by atoms with van der Waals surface area (Å²) in [4.78, 5) is 40.5. The van der Waals surface area contributed by atoms with Crippen molar-refractivity contribution in [2.75, 3.05) is 6.26 Å². The molecular formula is C24H16N2O4S. The van der Waals surface area contributed by atoms with Crippen LogP contribution in [0.2, 0.25) is 0 Å². The lowest BCUT2D eigenvalue weighted by Gasteiger charge is -2.03. The number of rotatable bonds is 2. The molecule has 0 bridgehead atoms. The molecule has 0 fully saturated rings. The van der Waals surface area contributed by atoms with Crippen molar-refractivity contribution in [2.45, 2.75) is 11.3 Å². The number of benzene rings is 2. The molecule has 2 aromatic carbocycles. The standard InChI is InChI=1S/C24H16N2O4S/c1-31(30,20-5-3-2-4-6-20)26-24(29)19-11-17(14-25-15-19)8-7-16-9-10-18-13-22(27)23(28)21(18)12-16/h2-6,9-12,14-15H,13H2,1H3/t31-/m0/s1. The zero-order valence-electron chi connectivity index (χ0n) is 16.5. The monoisotopic (exact) mass is 428 g/mol. The van der Waals surface area contributed by atoms with Crippen LogP contribution < -0.4 is 0 Å². The minimum absolute atomic E-state index is 0.128. The Kier molecular flexibility index (Phi) is 5.32. The molecule has 0 saturated carbocycles. The number of aromatic nitrogens is 1. The van der Waals surface area contributed by atoms with Crippen LogP contribution >= 0.6 is 0 Å². The first kappa shape index (κ1) is 20.4. The average Bonchev–Trinajstić information content (AvgIpc) is 3.06. The number of hydrogen-bond donors (Lipinski definition) is 0. The van der Waals surface area contributed by atoms with E-state index in [1.54, 1.807) is 48.5 Å². The molecular weight excluding hydrogens is 412 g/mol. The highest BCUT2D eigenvalue weighted by Crippen LogP contribution is 2.20. The van der Waals surface area contributed by atoms with Crippen LogP contribution in [0.3, 0.4) is 0 Å². The lowest BCUT2D eigenvalue weighted by Crippen LogP contribution is -2.05. The summed E-state index contributed by atoms with van der Waals surface area (Å²) < 4.78 is 16.7. The normalized spacial score (nSPS) is 14.2. The summed E-state index contributed by atoms with van der Waals surface area (Å²) >= 11 is 0. The van der Waals surface area contributed by atoms with Crippen LogP contribution in [0.25, 0.3) is 0 Å². The Bertz CT molecular complexity index is 1420. The molecule has 1 atom stereocenters. The zero-order chi connectivity index (χ0) is 22.0. The van der Waals surface area contributed by atoms with E-state index < -0.39 is 27.2 Å². The number of ketones is 2. The molecule has 1 amide bonds. The van der Waals surface area contributed by atoms with Crippen molar-refractivity contribution < 1.29 is 18.6 Å². The van der Waals surface area contributed by atoms with Crippen LogP contribution in [0.4, 0.5) is 0 Å². The SMILES string of the molecule is C[S@@](=O)(=NC(=O)c1cncc(C#Cc2ccc3c(c2)C(=O)C(=O)C3)c1)c1ccccc1. The molecule has 152 valence electrons. The molecule has 1 aliphatic carbocycles. The van der Waals surface area contributed by atoms with Crippen LogP contribution in [0, 0.1) is 11.8 Å².